The van der Waals surface area contributed by atoms with E-state index in [1.54, 1.807) is 110 Å². The van der Waals surface area contributed by atoms with Crippen LogP contribution in [0.5, 0.6) is 0 Å². The predicted octanol–water partition coefficient (Wildman–Crippen LogP) is 8.55. The third-order valence-corrected chi connectivity index (χ3v) is 27.9. The van der Waals surface area contributed by atoms with Gasteiger partial charge in [0.1, 0.15) is 53.7 Å². The maximum atomic E-state index is 16.8. The number of aliphatic hydroxyl groups excluding tert-OH is 3. The van der Waals surface area contributed by atoms with E-state index in [-0.39, 0.29) is 81.3 Å². The van der Waals surface area contributed by atoms with E-state index in [0.29, 0.717) is 51.1 Å². The van der Waals surface area contributed by atoms with Crippen LogP contribution >= 0.6 is 0 Å². The van der Waals surface area contributed by atoms with E-state index in [1.165, 1.54) is 42.9 Å². The number of carbonyl (C=O) groups excluding carboxylic acids is 10. The summed E-state index contributed by atoms with van der Waals surface area (Å²) in [5.74, 6) is -3.09. The lowest BCUT2D eigenvalue weighted by Gasteiger charge is -2.67. The number of anilines is 1. The molecule has 32 nitrogen and oxygen atoms in total. The average molecular weight is 1820 g/mol. The quantitative estimate of drug-likeness (QED) is 0.0187. The van der Waals surface area contributed by atoms with Crippen molar-refractivity contribution in [3.8, 4) is 23.1 Å². The Labute approximate surface area is 765 Å². The monoisotopic (exact) mass is 1820 g/mol. The van der Waals surface area contributed by atoms with Crippen molar-refractivity contribution < 1.29 is 111 Å². The Morgan fingerprint density at radius 1 is 0.847 bits per heavy atom. The zero-order valence-electron chi connectivity index (χ0n) is 79.0. The first-order valence-electron chi connectivity index (χ1n) is 45.3. The van der Waals surface area contributed by atoms with Gasteiger partial charge >= 0.3 is 30.0 Å². The van der Waals surface area contributed by atoms with Crippen LogP contribution in [0.1, 0.15) is 195 Å². The van der Waals surface area contributed by atoms with Crippen molar-refractivity contribution in [3.63, 3.8) is 0 Å². The number of pyridine rings is 1. The number of fused-ring (bicyclic) bond motifs is 11. The summed E-state index contributed by atoms with van der Waals surface area (Å²) in [6.07, 6.45) is -9.44. The highest BCUT2D eigenvalue weighted by molar-refractivity contribution is 5.98. The molecule has 8 bridgehead atoms. The number of morpholine rings is 1. The van der Waals surface area contributed by atoms with Crippen LogP contribution in [0.4, 0.5) is 14.9 Å². The Bertz CT molecular complexity index is 5210. The number of likely N-dealkylation sites (N-methyl/N-ethyl adjacent to an activating group) is 1. The van der Waals surface area contributed by atoms with Gasteiger partial charge < -0.3 is 88.2 Å². The molecule has 16 unspecified atom stereocenters. The minimum atomic E-state index is -2.35. The van der Waals surface area contributed by atoms with E-state index in [4.69, 9.17) is 42.9 Å². The number of ketones is 1. The topological polar surface area (TPSA) is 396 Å². The molecule has 6 fully saturated rings. The minimum Gasteiger partial charge on any atom is -0.464 e. The third kappa shape index (κ3) is 20.2. The molecular weight excluding hydrogens is 1690 g/mol. The summed E-state index contributed by atoms with van der Waals surface area (Å²) in [7, 11) is 6.82. The molecule has 7 heterocycles. The minimum absolute atomic E-state index is 0.0172. The van der Waals surface area contributed by atoms with Gasteiger partial charge in [-0.25, -0.2) is 24.2 Å². The smallest absolute Gasteiger partial charge is 0.408 e. The molecule has 3 aliphatic carbocycles. The van der Waals surface area contributed by atoms with Gasteiger partial charge in [0, 0.05) is 132 Å². The van der Waals surface area contributed by atoms with Crippen molar-refractivity contribution in [2.45, 2.75) is 270 Å². The molecule has 2 saturated carbocycles. The highest BCUT2D eigenvalue weighted by Gasteiger charge is 2.78. The molecule has 3 aromatic carbocycles. The number of hydrogen-bond acceptors (Lipinski definition) is 26. The van der Waals surface area contributed by atoms with Crippen LogP contribution in [0.25, 0.3) is 22.2 Å². The standard InChI is InChI=1S/C55H78FN9O8.C43H53NO14/c1-13-64-44-19-18-37-30-40(44)41(48(64)39-16-14-24-57-46(39)36(4)71-12)32-53(5,6)34-73-51(69)42-17-15-25-65(59-42)50(68)43(31-38-33-63(37)28-29-72-38)58-49(67)47(35(2)3)61(11)52(70)55(56)22-26-62(27-23-55)45(66)20-21-54(7,8)60(9)10;1-22-26(55-37(51)32(48)30(24-15-11-9-12-16-24)44-38(52)58-39(3,4)5)20-43(53)35(56-36(50)25-17-13-10-14-18-25)33-41(8,34(49)31(47)29(22)40(43,6)7)27(46)19-28-42(33,21-54-28)57-23(2)45/h14,16,18-19,24,30,35-36,38,42-43,47,59H,13,15,17,22-23,25-29,31-34H2,1-12H3,(H,58,67);9-18,26-28,30-33,35,46-48,53H,19-21H2,1-8H3,(H,44,52). The number of alkyl halides is 1. The molecule has 16 atom stereocenters. The number of carbonyl (C=O) groups is 10. The second-order valence-electron chi connectivity index (χ2n) is 39.7. The number of piperidine rings is 1. The molecule has 4 saturated heterocycles. The Kier molecular flexibility index (Phi) is 29.8. The maximum absolute atomic E-state index is 16.8. The van der Waals surface area contributed by atoms with Crippen molar-refractivity contribution in [2.24, 2.45) is 28.1 Å². The average Bonchev–Trinajstić information content (AvgIpc) is 1.28. The zero-order chi connectivity index (χ0) is 95.9. The van der Waals surface area contributed by atoms with Crippen molar-refractivity contribution in [1.82, 2.24) is 45.3 Å². The SMILES string of the molecule is CC(=O)OC12COC1CC(O)C1(C)C(=O)C(O)C3=C(C)C(OC(=O)C(O)C(NC(=O)OC(C)(C)C)c4ccccc4)CC(O)(C(OC(=O)c4ccccc4)C21)C3(C)C.CCn1c(-c2cccnc2C(C)OC)c2c3cc(ccc31)N1CCOC(CC(NC(=O)C(C(C)C)N(C)C(=O)C3(F)CCN(C(=O)C#CC(C)(C)N(C)C)CC3)C(=O)N3CCCC(N3)C(=O)OCC(C)(C)C2)C1. The summed E-state index contributed by atoms with van der Waals surface area (Å²) in [5, 5.41) is 57.0. The van der Waals surface area contributed by atoms with Crippen molar-refractivity contribution in [2.75, 3.05) is 85.7 Å². The zero-order valence-corrected chi connectivity index (χ0v) is 79.0. The van der Waals surface area contributed by atoms with Gasteiger partial charge in [-0.05, 0) is 172 Å². The highest BCUT2D eigenvalue weighted by atomic mass is 19.1. The number of aryl methyl sites for hydroxylation is 1. The summed E-state index contributed by atoms with van der Waals surface area (Å²) in [6, 6.07) is 22.0. The molecule has 2 aromatic heterocycles. The van der Waals surface area contributed by atoms with Crippen LogP contribution in [0, 0.1) is 39.9 Å². The Hall–Kier alpha value is -10.3. The molecule has 5 aliphatic heterocycles. The second kappa shape index (κ2) is 39.1. The number of hydrazine groups is 1. The number of methoxy groups -OCH3 is 1. The number of halogens is 1. The fraction of sp³-hybridized carbons (Fsp3) is 0.602. The van der Waals surface area contributed by atoms with Crippen LogP contribution in [0.15, 0.2) is 108 Å². The van der Waals surface area contributed by atoms with E-state index in [2.05, 4.69) is 82.4 Å². The second-order valence-corrected chi connectivity index (χ2v) is 39.7. The highest BCUT2D eigenvalue weighted by Crippen LogP contribution is 2.64. The number of alkyl carbamates (subject to hydrolysis) is 1. The summed E-state index contributed by atoms with van der Waals surface area (Å²) < 4.78 is 67.0. The number of ether oxygens (including phenoxy) is 8. The van der Waals surface area contributed by atoms with Gasteiger partial charge in [-0.2, -0.15) is 0 Å². The van der Waals surface area contributed by atoms with Gasteiger partial charge in [-0.1, -0.05) is 96.0 Å². The number of Topliss-reactive ketones (excluding diaryl/α,β-unsaturated/α-hetero) is 1. The number of nitrogens with one attached hydrogen (secondary N) is 3. The molecule has 8 aliphatic rings. The van der Waals surface area contributed by atoms with Gasteiger partial charge in [-0.3, -0.25) is 48.5 Å². The van der Waals surface area contributed by atoms with Crippen LogP contribution in [-0.4, -0.2) is 279 Å². The molecule has 5 aromatic rings. The van der Waals surface area contributed by atoms with Crippen molar-refractivity contribution >= 4 is 76.0 Å². The first-order valence-corrected chi connectivity index (χ1v) is 45.3. The molecule has 0 radical (unpaired) electrons. The number of benzene rings is 3. The van der Waals surface area contributed by atoms with E-state index in [1.807, 2.05) is 45.8 Å². The molecular formula is C98H131FN10O22. The lowest BCUT2D eigenvalue weighted by Crippen LogP contribution is -2.81. The number of esters is 4. The predicted molar refractivity (Wildman–Crippen MR) is 481 cm³/mol. The van der Waals surface area contributed by atoms with E-state index >= 15 is 4.39 Å². The lowest BCUT2D eigenvalue weighted by atomic mass is 9.44. The van der Waals surface area contributed by atoms with Crippen LogP contribution < -0.4 is 21.0 Å². The molecule has 13 rings (SSSR count). The van der Waals surface area contributed by atoms with Gasteiger partial charge in [0.05, 0.1) is 78.0 Å². The molecule has 0 spiro atoms. The van der Waals surface area contributed by atoms with E-state index < -0.39 is 189 Å². The fourth-order valence-electron chi connectivity index (χ4n) is 20.1. The summed E-state index contributed by atoms with van der Waals surface area (Å²) in [6.45, 7) is 29.8. The molecule has 712 valence electrons. The number of aliphatic hydroxyl groups is 4. The first-order chi connectivity index (χ1) is 61.5. The molecule has 33 heteroatoms. The summed E-state index contributed by atoms with van der Waals surface area (Å²) in [4.78, 5) is 151. The van der Waals surface area contributed by atoms with Crippen molar-refractivity contribution in [1.29, 1.82) is 0 Å². The molecule has 131 heavy (non-hydrogen) atoms. The van der Waals surface area contributed by atoms with Crippen LogP contribution in [-0.2, 0) is 89.2 Å². The number of likely N-dealkylation sites (tertiary alicyclic amines) is 1. The molecule has 7 N–H and O–H groups in total. The normalized spacial score (nSPS) is 27.5. The third-order valence-electron chi connectivity index (χ3n) is 27.9. The fourth-order valence-corrected chi connectivity index (χ4v) is 20.1. The number of cyclic esters (lactones) is 1. The van der Waals surface area contributed by atoms with Gasteiger partial charge in [0.2, 0.25) is 5.91 Å². The Balaban J connectivity index is 0.000000243. The number of aromatic nitrogens is 2. The Morgan fingerprint density at radius 2 is 1.52 bits per heavy atom. The number of hydrogen-bond donors (Lipinski definition) is 7. The number of amides is 5. The number of rotatable bonds is 18. The molecule has 5 amide bonds. The lowest BCUT2D eigenvalue weighted by molar-refractivity contribution is -0.346. The van der Waals surface area contributed by atoms with Gasteiger partial charge in [-0.15, -0.1) is 0 Å². The number of nitrogens with zero attached hydrogens (tertiary/aromatic N) is 7. The van der Waals surface area contributed by atoms with E-state index in [0.717, 1.165) is 50.9 Å². The van der Waals surface area contributed by atoms with E-state index in [9.17, 15) is 68.4 Å². The summed E-state index contributed by atoms with van der Waals surface area (Å²) in [5.41, 5.74) is -2.48. The summed E-state index contributed by atoms with van der Waals surface area (Å²) >= 11 is 0. The largest absolute Gasteiger partial charge is 0.464 e. The van der Waals surface area contributed by atoms with Gasteiger partial charge in [0.15, 0.2) is 23.2 Å². The van der Waals surface area contributed by atoms with Crippen LogP contribution in [0.2, 0.25) is 0 Å². The first kappa shape index (κ1) is 99.7. The van der Waals surface area contributed by atoms with Gasteiger partial charge in [0.25, 0.3) is 17.7 Å². The van der Waals surface area contributed by atoms with Crippen LogP contribution in [0.3, 0.4) is 0 Å². The van der Waals surface area contributed by atoms with Crippen molar-refractivity contribution in [3.05, 3.63) is 131 Å². The Morgan fingerprint density at radius 3 is 2.14 bits per heavy atom. The maximum Gasteiger partial charge on any atom is 0.408 e.